The number of nitrogens with one attached hydrogen (secondary N) is 2. The van der Waals surface area contributed by atoms with E-state index < -0.39 is 0 Å². The van der Waals surface area contributed by atoms with E-state index in [9.17, 15) is 9.59 Å². The van der Waals surface area contributed by atoms with Crippen LogP contribution in [0, 0.1) is 0 Å². The van der Waals surface area contributed by atoms with Crippen LogP contribution in [0.15, 0.2) is 42.6 Å². The lowest BCUT2D eigenvalue weighted by atomic mass is 10.1. The van der Waals surface area contributed by atoms with E-state index >= 15 is 0 Å². The maximum atomic E-state index is 12.5. The number of nitrogens with zero attached hydrogens (tertiary/aromatic N) is 4. The third kappa shape index (κ3) is 7.85. The van der Waals surface area contributed by atoms with Gasteiger partial charge in [-0.2, -0.15) is 0 Å². The van der Waals surface area contributed by atoms with Crippen LogP contribution in [0.2, 0.25) is 0 Å². The van der Waals surface area contributed by atoms with Gasteiger partial charge >= 0.3 is 6.03 Å². The minimum absolute atomic E-state index is 0. The lowest BCUT2D eigenvalue weighted by Crippen LogP contribution is -2.43. The van der Waals surface area contributed by atoms with Crippen LogP contribution in [0.5, 0.6) is 5.88 Å². The second kappa shape index (κ2) is 13.6. The molecule has 1 aliphatic carbocycles. The van der Waals surface area contributed by atoms with Crippen molar-refractivity contribution in [1.29, 1.82) is 0 Å². The zero-order chi connectivity index (χ0) is 27.8. The number of urea groups is 1. The van der Waals surface area contributed by atoms with E-state index in [1.54, 1.807) is 18.3 Å². The molecule has 0 radical (unpaired) electrons. The summed E-state index contributed by atoms with van der Waals surface area (Å²) in [6.07, 6.45) is 8.06. The smallest absolute Gasteiger partial charge is 0.323 e. The maximum absolute atomic E-state index is 12.5. The number of aromatic nitrogens is 1. The molecule has 2 heterocycles. The molecule has 1 aromatic carbocycles. The highest BCUT2D eigenvalue weighted by atomic mass is 16.5. The number of pyridine rings is 1. The standard InChI is InChI=1S/C30H44N6O3.H2/c1-5-35(6-2)29(37)19-22(3)34(4)26-17-18-36(21-26)25-14-11-23(12-15-25)32-30(38)33-24-13-16-28(31-20-24)39-27-9-7-8-10-27;/h11-16,20,22,26-27H,5-10,17-19,21H2,1-4H3,(H2,32,33,38);1H. The number of hydrogen-bond acceptors (Lipinski definition) is 6. The van der Waals surface area contributed by atoms with Crippen molar-refractivity contribution < 1.29 is 15.8 Å². The van der Waals surface area contributed by atoms with E-state index in [1.807, 2.05) is 43.0 Å². The second-order valence-electron chi connectivity index (χ2n) is 10.7. The van der Waals surface area contributed by atoms with Crippen molar-refractivity contribution in [3.05, 3.63) is 42.6 Å². The molecule has 1 aromatic heterocycles. The second-order valence-corrected chi connectivity index (χ2v) is 10.7. The van der Waals surface area contributed by atoms with Crippen LogP contribution in [0.1, 0.15) is 60.7 Å². The number of benzene rings is 1. The minimum atomic E-state index is -0.315. The molecule has 9 heteroatoms. The summed E-state index contributed by atoms with van der Waals surface area (Å²) in [5, 5.41) is 5.72. The molecule has 1 saturated heterocycles. The van der Waals surface area contributed by atoms with Gasteiger partial charge in [0.05, 0.1) is 11.9 Å². The van der Waals surface area contributed by atoms with Crippen LogP contribution in [-0.2, 0) is 4.79 Å². The van der Waals surface area contributed by atoms with Crippen LogP contribution in [0.3, 0.4) is 0 Å². The van der Waals surface area contributed by atoms with E-state index in [4.69, 9.17) is 4.74 Å². The van der Waals surface area contributed by atoms with E-state index in [1.165, 1.54) is 12.8 Å². The first-order valence-electron chi connectivity index (χ1n) is 14.4. The first kappa shape index (κ1) is 28.7. The highest BCUT2D eigenvalue weighted by Crippen LogP contribution is 2.26. The largest absolute Gasteiger partial charge is 0.474 e. The Labute approximate surface area is 234 Å². The minimum Gasteiger partial charge on any atom is -0.474 e. The average molecular weight is 539 g/mol. The number of carbonyl (C=O) groups is 2. The molecule has 9 nitrogen and oxygen atoms in total. The summed E-state index contributed by atoms with van der Waals surface area (Å²) in [4.78, 5) is 36.0. The molecule has 2 fully saturated rings. The Hall–Kier alpha value is -3.33. The Morgan fingerprint density at radius 3 is 2.36 bits per heavy atom. The van der Waals surface area contributed by atoms with Crippen molar-refractivity contribution in [2.45, 2.75) is 77.5 Å². The highest BCUT2D eigenvalue weighted by molar-refractivity contribution is 5.99. The SMILES string of the molecule is CCN(CC)C(=O)CC(C)N(C)C1CCN(c2ccc(NC(=O)Nc3ccc(OC4CCCC4)nc3)cc2)C1.[HH]. The molecule has 2 unspecified atom stereocenters. The predicted octanol–water partition coefficient (Wildman–Crippen LogP) is 5.45. The van der Waals surface area contributed by atoms with Gasteiger partial charge < -0.3 is 25.2 Å². The Morgan fingerprint density at radius 2 is 1.72 bits per heavy atom. The molecule has 2 N–H and O–H groups in total. The number of carbonyl (C=O) groups excluding carboxylic acids is 2. The van der Waals surface area contributed by atoms with Crippen molar-refractivity contribution in [1.82, 2.24) is 14.8 Å². The van der Waals surface area contributed by atoms with Crippen molar-refractivity contribution in [2.75, 3.05) is 48.8 Å². The molecule has 0 spiro atoms. The molecule has 1 aliphatic heterocycles. The first-order valence-corrected chi connectivity index (χ1v) is 14.4. The number of rotatable bonds is 11. The van der Waals surface area contributed by atoms with Crippen LogP contribution in [0.4, 0.5) is 21.9 Å². The fraction of sp³-hybridized carbons (Fsp3) is 0.567. The highest BCUT2D eigenvalue weighted by Gasteiger charge is 2.29. The third-order valence-electron chi connectivity index (χ3n) is 8.09. The van der Waals surface area contributed by atoms with Crippen molar-refractivity contribution in [3.8, 4) is 5.88 Å². The quantitative estimate of drug-likeness (QED) is 0.395. The summed E-state index contributed by atoms with van der Waals surface area (Å²) in [7, 11) is 2.13. The summed E-state index contributed by atoms with van der Waals surface area (Å²) < 4.78 is 5.89. The molecule has 2 atom stereocenters. The summed E-state index contributed by atoms with van der Waals surface area (Å²) in [6.45, 7) is 9.60. The molecule has 2 aliphatic rings. The molecule has 2 aromatic rings. The van der Waals surface area contributed by atoms with Gasteiger partial charge in [0.2, 0.25) is 11.8 Å². The Morgan fingerprint density at radius 1 is 1.05 bits per heavy atom. The summed E-state index contributed by atoms with van der Waals surface area (Å²) in [5.41, 5.74) is 2.47. The molecule has 1 saturated carbocycles. The Balaban J connectivity index is 0.00000441. The van der Waals surface area contributed by atoms with Crippen molar-refractivity contribution in [3.63, 3.8) is 0 Å². The molecular weight excluding hydrogens is 492 g/mol. The van der Waals surface area contributed by atoms with Gasteiger partial charge in [0.1, 0.15) is 6.10 Å². The number of hydrogen-bond donors (Lipinski definition) is 2. The van der Waals surface area contributed by atoms with Crippen molar-refractivity contribution >= 4 is 29.0 Å². The number of anilines is 3. The Kier molecular flexibility index (Phi) is 10.0. The third-order valence-corrected chi connectivity index (χ3v) is 8.09. The molecule has 0 bridgehead atoms. The fourth-order valence-electron chi connectivity index (χ4n) is 5.52. The topological polar surface area (TPSA) is 90.0 Å². The molecular formula is C30H46N6O3. The van der Waals surface area contributed by atoms with E-state index in [0.717, 1.165) is 56.8 Å². The summed E-state index contributed by atoms with van der Waals surface area (Å²) >= 11 is 0. The zero-order valence-electron chi connectivity index (χ0n) is 23.9. The van der Waals surface area contributed by atoms with Gasteiger partial charge in [-0.15, -0.1) is 0 Å². The van der Waals surface area contributed by atoms with E-state index in [2.05, 4.69) is 39.4 Å². The zero-order valence-corrected chi connectivity index (χ0v) is 23.9. The lowest BCUT2D eigenvalue weighted by Gasteiger charge is -2.32. The van der Waals surface area contributed by atoms with Crippen LogP contribution in [0.25, 0.3) is 0 Å². The monoisotopic (exact) mass is 538 g/mol. The molecule has 3 amide bonds. The predicted molar refractivity (Wildman–Crippen MR) is 159 cm³/mol. The van der Waals surface area contributed by atoms with Crippen LogP contribution < -0.4 is 20.3 Å². The molecule has 214 valence electrons. The lowest BCUT2D eigenvalue weighted by molar-refractivity contribution is -0.132. The van der Waals surface area contributed by atoms with E-state index in [-0.39, 0.29) is 25.5 Å². The van der Waals surface area contributed by atoms with Gasteiger partial charge in [0.15, 0.2) is 0 Å². The van der Waals surface area contributed by atoms with Gasteiger partial charge in [-0.1, -0.05) is 0 Å². The molecule has 39 heavy (non-hydrogen) atoms. The van der Waals surface area contributed by atoms with Gasteiger partial charge in [0, 0.05) is 63.6 Å². The van der Waals surface area contributed by atoms with Gasteiger partial charge in [-0.05, 0) is 90.3 Å². The van der Waals surface area contributed by atoms with E-state index in [0.29, 0.717) is 24.0 Å². The number of likely N-dealkylation sites (N-methyl/N-ethyl adjacent to an activating group) is 1. The number of amides is 3. The average Bonchev–Trinajstić information content (AvgIpc) is 3.63. The fourth-order valence-corrected chi connectivity index (χ4v) is 5.52. The van der Waals surface area contributed by atoms with Gasteiger partial charge in [0.25, 0.3) is 0 Å². The first-order chi connectivity index (χ1) is 18.9. The Bertz CT molecular complexity index is 1070. The number of ether oxygens (including phenoxy) is 1. The maximum Gasteiger partial charge on any atom is 0.323 e. The molecule has 4 rings (SSSR count). The normalized spacial score (nSPS) is 18.3. The van der Waals surface area contributed by atoms with Crippen LogP contribution >= 0.6 is 0 Å². The summed E-state index contributed by atoms with van der Waals surface area (Å²) in [5.74, 6) is 0.823. The van der Waals surface area contributed by atoms with Gasteiger partial charge in [-0.25, -0.2) is 9.78 Å². The van der Waals surface area contributed by atoms with Crippen molar-refractivity contribution in [2.24, 2.45) is 0 Å². The summed E-state index contributed by atoms with van der Waals surface area (Å²) in [6, 6.07) is 11.8. The van der Waals surface area contributed by atoms with Gasteiger partial charge in [-0.3, -0.25) is 9.69 Å². The van der Waals surface area contributed by atoms with Crippen LogP contribution in [-0.4, -0.2) is 78.1 Å².